The van der Waals surface area contributed by atoms with E-state index >= 15 is 0 Å². The molecule has 0 amide bonds. The monoisotopic (exact) mass is 260 g/mol. The highest BCUT2D eigenvalue weighted by atomic mass is 32.1. The van der Waals surface area contributed by atoms with Crippen LogP contribution < -0.4 is 0 Å². The lowest BCUT2D eigenvalue weighted by Crippen LogP contribution is -1.76. The van der Waals surface area contributed by atoms with Gasteiger partial charge in [-0.05, 0) is 29.6 Å². The Bertz CT molecular complexity index is 632. The zero-order chi connectivity index (χ0) is 11.7. The minimum atomic E-state index is 0.601. The average Bonchev–Trinajstić information content (AvgIpc) is 3.09. The summed E-state index contributed by atoms with van der Waals surface area (Å²) in [6.45, 7) is 0. The Morgan fingerprint density at radius 3 is 2.71 bits per heavy atom. The second kappa shape index (κ2) is 4.31. The molecule has 0 spiro atoms. The molecule has 0 bridgehead atoms. The van der Waals surface area contributed by atoms with E-state index in [0.29, 0.717) is 11.3 Å². The van der Waals surface area contributed by atoms with Crippen LogP contribution in [0.4, 0.5) is 0 Å². The van der Waals surface area contributed by atoms with E-state index in [2.05, 4.69) is 17.5 Å². The third-order valence-corrected chi connectivity index (χ3v) is 4.57. The molecule has 0 radical (unpaired) electrons. The number of thiophene rings is 2. The molecule has 4 heteroatoms. The van der Waals surface area contributed by atoms with Gasteiger partial charge in [-0.25, -0.2) is 0 Å². The molecule has 0 atom stereocenters. The van der Waals surface area contributed by atoms with E-state index in [1.807, 2.05) is 12.1 Å². The van der Waals surface area contributed by atoms with Crippen LogP contribution in [0.5, 0.6) is 0 Å². The second-order valence-electron chi connectivity index (χ2n) is 3.46. The number of aldehydes is 1. The first kappa shape index (κ1) is 10.5. The van der Waals surface area contributed by atoms with Gasteiger partial charge in [-0.2, -0.15) is 0 Å². The first-order valence-electron chi connectivity index (χ1n) is 5.05. The Balaban J connectivity index is 2.03. The van der Waals surface area contributed by atoms with Crippen molar-refractivity contribution in [3.05, 3.63) is 47.5 Å². The molecule has 0 unspecified atom stereocenters. The van der Waals surface area contributed by atoms with Crippen molar-refractivity contribution >= 4 is 29.0 Å². The Morgan fingerprint density at radius 1 is 1.06 bits per heavy atom. The maximum absolute atomic E-state index is 10.8. The fraction of sp³-hybridized carbons (Fsp3) is 0. The number of hydrogen-bond acceptors (Lipinski definition) is 4. The standard InChI is InChI=1S/C13H8O2S2/c14-8-9-5-6-15-13(9)12-4-3-11(17-12)10-2-1-7-16-10/h1-8H. The van der Waals surface area contributed by atoms with Crippen molar-refractivity contribution < 1.29 is 9.21 Å². The van der Waals surface area contributed by atoms with Crippen molar-refractivity contribution in [2.24, 2.45) is 0 Å². The highest BCUT2D eigenvalue weighted by Gasteiger charge is 2.11. The van der Waals surface area contributed by atoms with Gasteiger partial charge in [0, 0.05) is 9.75 Å². The predicted molar refractivity (Wildman–Crippen MR) is 70.7 cm³/mol. The van der Waals surface area contributed by atoms with E-state index in [1.54, 1.807) is 35.0 Å². The van der Waals surface area contributed by atoms with Crippen LogP contribution in [-0.4, -0.2) is 6.29 Å². The molecule has 3 aromatic rings. The van der Waals surface area contributed by atoms with Gasteiger partial charge in [-0.3, -0.25) is 4.79 Å². The fourth-order valence-corrected chi connectivity index (χ4v) is 3.47. The van der Waals surface area contributed by atoms with Crippen LogP contribution in [0.15, 0.2) is 46.4 Å². The van der Waals surface area contributed by atoms with E-state index in [-0.39, 0.29) is 0 Å². The maximum atomic E-state index is 10.8. The van der Waals surface area contributed by atoms with Gasteiger partial charge >= 0.3 is 0 Å². The number of rotatable bonds is 3. The van der Waals surface area contributed by atoms with Crippen molar-refractivity contribution in [2.75, 3.05) is 0 Å². The van der Waals surface area contributed by atoms with Crippen LogP contribution in [0, 0.1) is 0 Å². The molecule has 0 aliphatic carbocycles. The normalized spacial score (nSPS) is 10.6. The van der Waals surface area contributed by atoms with Gasteiger partial charge in [0.2, 0.25) is 0 Å². The Labute approximate surface area is 106 Å². The summed E-state index contributed by atoms with van der Waals surface area (Å²) in [5, 5.41) is 2.05. The van der Waals surface area contributed by atoms with Crippen LogP contribution in [-0.2, 0) is 0 Å². The van der Waals surface area contributed by atoms with Crippen LogP contribution >= 0.6 is 22.7 Å². The molecule has 0 aromatic carbocycles. The molecule has 0 saturated carbocycles. The first-order valence-corrected chi connectivity index (χ1v) is 6.75. The van der Waals surface area contributed by atoms with Gasteiger partial charge in [0.1, 0.15) is 0 Å². The molecule has 3 heterocycles. The Hall–Kier alpha value is -1.65. The predicted octanol–water partition coefficient (Wildman–Crippen LogP) is 4.55. The van der Waals surface area contributed by atoms with E-state index in [4.69, 9.17) is 4.42 Å². The minimum Gasteiger partial charge on any atom is -0.463 e. The highest BCUT2D eigenvalue weighted by molar-refractivity contribution is 7.23. The molecule has 0 aliphatic heterocycles. The topological polar surface area (TPSA) is 30.2 Å². The summed E-state index contributed by atoms with van der Waals surface area (Å²) >= 11 is 3.34. The van der Waals surface area contributed by atoms with Gasteiger partial charge in [0.05, 0.1) is 16.7 Å². The SMILES string of the molecule is O=Cc1ccoc1-c1ccc(-c2cccs2)s1. The number of carbonyl (C=O) groups is 1. The van der Waals surface area contributed by atoms with Gasteiger partial charge in [-0.15, -0.1) is 22.7 Å². The van der Waals surface area contributed by atoms with Gasteiger partial charge in [-0.1, -0.05) is 6.07 Å². The van der Waals surface area contributed by atoms with Crippen LogP contribution in [0.3, 0.4) is 0 Å². The summed E-state index contributed by atoms with van der Waals surface area (Å²) in [6.07, 6.45) is 2.37. The summed E-state index contributed by atoms with van der Waals surface area (Å²) in [5.41, 5.74) is 0.601. The number of furan rings is 1. The van der Waals surface area contributed by atoms with Crippen LogP contribution in [0.1, 0.15) is 10.4 Å². The molecule has 84 valence electrons. The second-order valence-corrected chi connectivity index (χ2v) is 5.50. The Morgan fingerprint density at radius 2 is 1.94 bits per heavy atom. The lowest BCUT2D eigenvalue weighted by atomic mass is 10.2. The molecule has 2 nitrogen and oxygen atoms in total. The summed E-state index contributed by atoms with van der Waals surface area (Å²) in [5.74, 6) is 0.660. The number of hydrogen-bond donors (Lipinski definition) is 0. The van der Waals surface area contributed by atoms with Gasteiger partial charge in [0.25, 0.3) is 0 Å². The molecule has 0 N–H and O–H groups in total. The lowest BCUT2D eigenvalue weighted by molar-refractivity contribution is 0.112. The summed E-state index contributed by atoms with van der Waals surface area (Å²) in [7, 11) is 0. The number of carbonyl (C=O) groups excluding carboxylic acids is 1. The van der Waals surface area contributed by atoms with Crippen molar-refractivity contribution in [1.82, 2.24) is 0 Å². The molecule has 0 aliphatic rings. The average molecular weight is 260 g/mol. The molecular formula is C13H8O2S2. The summed E-state index contributed by atoms with van der Waals surface area (Å²) in [6, 6.07) is 9.85. The van der Waals surface area contributed by atoms with Crippen molar-refractivity contribution in [1.29, 1.82) is 0 Å². The zero-order valence-electron chi connectivity index (χ0n) is 8.75. The fourth-order valence-electron chi connectivity index (χ4n) is 1.62. The first-order chi connectivity index (χ1) is 8.38. The van der Waals surface area contributed by atoms with Crippen molar-refractivity contribution in [2.45, 2.75) is 0 Å². The molecular weight excluding hydrogens is 252 g/mol. The third kappa shape index (κ3) is 1.85. The summed E-state index contributed by atoms with van der Waals surface area (Å²) < 4.78 is 5.35. The smallest absolute Gasteiger partial charge is 0.154 e. The minimum absolute atomic E-state index is 0.601. The van der Waals surface area contributed by atoms with Crippen LogP contribution in [0.25, 0.3) is 20.4 Å². The Kier molecular flexibility index (Phi) is 2.66. The molecule has 3 rings (SSSR count). The van der Waals surface area contributed by atoms with E-state index < -0.39 is 0 Å². The van der Waals surface area contributed by atoms with Crippen molar-refractivity contribution in [3.63, 3.8) is 0 Å². The van der Waals surface area contributed by atoms with E-state index in [9.17, 15) is 4.79 Å². The molecule has 0 saturated heterocycles. The van der Waals surface area contributed by atoms with Gasteiger partial charge in [0.15, 0.2) is 12.0 Å². The third-order valence-electron chi connectivity index (χ3n) is 2.42. The van der Waals surface area contributed by atoms with Crippen molar-refractivity contribution in [3.8, 4) is 20.4 Å². The molecule has 17 heavy (non-hydrogen) atoms. The highest BCUT2D eigenvalue weighted by Crippen LogP contribution is 2.37. The quantitative estimate of drug-likeness (QED) is 0.647. The lowest BCUT2D eigenvalue weighted by Gasteiger charge is -1.92. The van der Waals surface area contributed by atoms with Crippen LogP contribution in [0.2, 0.25) is 0 Å². The molecule has 3 aromatic heterocycles. The van der Waals surface area contributed by atoms with Gasteiger partial charge < -0.3 is 4.42 Å². The van der Waals surface area contributed by atoms with E-state index in [1.165, 1.54) is 9.75 Å². The maximum Gasteiger partial charge on any atom is 0.154 e. The van der Waals surface area contributed by atoms with E-state index in [0.717, 1.165) is 11.2 Å². The zero-order valence-corrected chi connectivity index (χ0v) is 10.4. The summed E-state index contributed by atoms with van der Waals surface area (Å²) in [4.78, 5) is 14.3. The molecule has 0 fully saturated rings. The largest absolute Gasteiger partial charge is 0.463 e.